The van der Waals surface area contributed by atoms with Crippen LogP contribution in [0, 0.1) is 6.92 Å². The summed E-state index contributed by atoms with van der Waals surface area (Å²) in [6.45, 7) is 8.53. The Bertz CT molecular complexity index is 446. The normalized spacial score (nSPS) is 13.7. The first-order chi connectivity index (χ1) is 9.49. The van der Waals surface area contributed by atoms with E-state index >= 15 is 0 Å². The van der Waals surface area contributed by atoms with Crippen molar-refractivity contribution < 1.29 is 9.53 Å². The predicted octanol–water partition coefficient (Wildman–Crippen LogP) is 2.40. The lowest BCUT2D eigenvalue weighted by atomic mass is 10.1. The second-order valence-electron chi connectivity index (χ2n) is 5.17. The zero-order valence-corrected chi connectivity index (χ0v) is 13.1. The molecular weight excluding hydrogens is 252 g/mol. The van der Waals surface area contributed by atoms with Crippen LogP contribution in [0.15, 0.2) is 18.2 Å². The molecular formula is C16H26N2O2. The smallest absolute Gasteiger partial charge is 0.260 e. The van der Waals surface area contributed by atoms with Crippen LogP contribution < -0.4 is 15.4 Å². The summed E-state index contributed by atoms with van der Waals surface area (Å²) in [5.41, 5.74) is 2.11. The van der Waals surface area contributed by atoms with Crippen molar-refractivity contribution in [3.05, 3.63) is 29.3 Å². The molecule has 1 amide bonds. The molecule has 20 heavy (non-hydrogen) atoms. The van der Waals surface area contributed by atoms with Gasteiger partial charge in [0, 0.05) is 18.2 Å². The topological polar surface area (TPSA) is 50.4 Å². The van der Waals surface area contributed by atoms with E-state index in [0.717, 1.165) is 29.8 Å². The number of ether oxygens (including phenoxy) is 1. The van der Waals surface area contributed by atoms with Crippen molar-refractivity contribution in [2.75, 3.05) is 7.05 Å². The van der Waals surface area contributed by atoms with Gasteiger partial charge in [-0.05, 0) is 39.8 Å². The first-order valence-corrected chi connectivity index (χ1v) is 7.19. The molecule has 0 heterocycles. The summed E-state index contributed by atoms with van der Waals surface area (Å²) in [5, 5.41) is 6.06. The number of hydrogen-bond donors (Lipinski definition) is 2. The second-order valence-corrected chi connectivity index (χ2v) is 5.17. The molecule has 2 unspecified atom stereocenters. The fraction of sp³-hybridized carbons (Fsp3) is 0.562. The van der Waals surface area contributed by atoms with Gasteiger partial charge in [-0.1, -0.05) is 25.1 Å². The van der Waals surface area contributed by atoms with Crippen molar-refractivity contribution in [2.45, 2.75) is 52.8 Å². The Morgan fingerprint density at radius 2 is 2.05 bits per heavy atom. The minimum Gasteiger partial charge on any atom is -0.480 e. The number of amides is 1. The standard InChI is InChI=1S/C16H26N2O2/c1-6-12(3)18-16(19)13(4)20-15-11(2)8-7-9-14(15)10-17-5/h7-9,12-13,17H,6,10H2,1-5H3,(H,18,19). The number of nitrogens with one attached hydrogen (secondary N) is 2. The molecule has 0 aliphatic carbocycles. The molecule has 2 atom stereocenters. The Morgan fingerprint density at radius 3 is 2.65 bits per heavy atom. The van der Waals surface area contributed by atoms with E-state index in [9.17, 15) is 4.79 Å². The van der Waals surface area contributed by atoms with Gasteiger partial charge in [0.25, 0.3) is 5.91 Å². The van der Waals surface area contributed by atoms with Gasteiger partial charge in [0.1, 0.15) is 5.75 Å². The zero-order chi connectivity index (χ0) is 15.1. The van der Waals surface area contributed by atoms with Crippen molar-refractivity contribution in [2.24, 2.45) is 0 Å². The van der Waals surface area contributed by atoms with Crippen LogP contribution in [0.5, 0.6) is 5.75 Å². The summed E-state index contributed by atoms with van der Waals surface area (Å²) in [5.74, 6) is 0.728. The minimum atomic E-state index is -0.499. The molecule has 0 spiro atoms. The fourth-order valence-electron chi connectivity index (χ4n) is 1.90. The highest BCUT2D eigenvalue weighted by Gasteiger charge is 2.18. The van der Waals surface area contributed by atoms with E-state index in [1.54, 1.807) is 6.92 Å². The number of rotatable bonds is 7. The third kappa shape index (κ3) is 4.53. The van der Waals surface area contributed by atoms with Gasteiger partial charge < -0.3 is 15.4 Å². The lowest BCUT2D eigenvalue weighted by Gasteiger charge is -2.20. The van der Waals surface area contributed by atoms with Crippen molar-refractivity contribution in [3.63, 3.8) is 0 Å². The van der Waals surface area contributed by atoms with Gasteiger partial charge in [0.2, 0.25) is 0 Å². The van der Waals surface area contributed by atoms with E-state index in [0.29, 0.717) is 0 Å². The van der Waals surface area contributed by atoms with Gasteiger partial charge in [0.15, 0.2) is 6.10 Å². The summed E-state index contributed by atoms with van der Waals surface area (Å²) in [6.07, 6.45) is 0.411. The number of para-hydroxylation sites is 1. The molecule has 0 saturated carbocycles. The largest absolute Gasteiger partial charge is 0.480 e. The maximum Gasteiger partial charge on any atom is 0.260 e. The molecule has 0 aliphatic heterocycles. The molecule has 0 radical (unpaired) electrons. The summed E-state index contributed by atoms with van der Waals surface area (Å²) < 4.78 is 5.88. The van der Waals surface area contributed by atoms with Crippen molar-refractivity contribution >= 4 is 5.91 Å². The molecule has 0 aromatic heterocycles. The number of carbonyl (C=O) groups excluding carboxylic acids is 1. The molecule has 1 aromatic rings. The van der Waals surface area contributed by atoms with Gasteiger partial charge in [-0.3, -0.25) is 4.79 Å². The van der Waals surface area contributed by atoms with E-state index in [1.165, 1.54) is 0 Å². The van der Waals surface area contributed by atoms with Crippen molar-refractivity contribution in [3.8, 4) is 5.75 Å². The highest BCUT2D eigenvalue weighted by atomic mass is 16.5. The van der Waals surface area contributed by atoms with Gasteiger partial charge in [-0.2, -0.15) is 0 Å². The van der Waals surface area contributed by atoms with Crippen LogP contribution in [0.4, 0.5) is 0 Å². The second kappa shape index (κ2) is 7.90. The molecule has 112 valence electrons. The number of aryl methyl sites for hydroxylation is 1. The van der Waals surface area contributed by atoms with Crippen molar-refractivity contribution in [1.29, 1.82) is 0 Å². The van der Waals surface area contributed by atoms with Gasteiger partial charge in [-0.15, -0.1) is 0 Å². The molecule has 0 fully saturated rings. The van der Waals surface area contributed by atoms with Crippen LogP contribution >= 0.6 is 0 Å². The van der Waals surface area contributed by atoms with E-state index in [1.807, 2.05) is 46.0 Å². The van der Waals surface area contributed by atoms with Gasteiger partial charge >= 0.3 is 0 Å². The van der Waals surface area contributed by atoms with Gasteiger partial charge in [0.05, 0.1) is 0 Å². The molecule has 0 saturated heterocycles. The minimum absolute atomic E-state index is 0.0713. The Hall–Kier alpha value is -1.55. The lowest BCUT2D eigenvalue weighted by molar-refractivity contribution is -0.127. The number of carbonyl (C=O) groups is 1. The maximum absolute atomic E-state index is 12.0. The summed E-state index contributed by atoms with van der Waals surface area (Å²) in [7, 11) is 1.89. The first-order valence-electron chi connectivity index (χ1n) is 7.19. The van der Waals surface area contributed by atoms with Crippen LogP contribution in [0.2, 0.25) is 0 Å². The summed E-state index contributed by atoms with van der Waals surface area (Å²) >= 11 is 0. The van der Waals surface area contributed by atoms with Crippen LogP contribution in [0.1, 0.15) is 38.3 Å². The molecule has 4 heteroatoms. The maximum atomic E-state index is 12.0. The quantitative estimate of drug-likeness (QED) is 0.805. The molecule has 1 aromatic carbocycles. The first kappa shape index (κ1) is 16.5. The molecule has 2 N–H and O–H groups in total. The third-order valence-electron chi connectivity index (χ3n) is 3.33. The predicted molar refractivity (Wildman–Crippen MR) is 81.9 cm³/mol. The summed E-state index contributed by atoms with van der Waals surface area (Å²) in [6, 6.07) is 6.17. The molecule has 0 bridgehead atoms. The van der Waals surface area contributed by atoms with Crippen LogP contribution in [-0.2, 0) is 11.3 Å². The summed E-state index contributed by atoms with van der Waals surface area (Å²) in [4.78, 5) is 12.0. The monoisotopic (exact) mass is 278 g/mol. The Kier molecular flexibility index (Phi) is 6.52. The van der Waals surface area contributed by atoms with E-state index in [2.05, 4.69) is 10.6 Å². The van der Waals surface area contributed by atoms with Crippen LogP contribution in [0.25, 0.3) is 0 Å². The number of hydrogen-bond acceptors (Lipinski definition) is 3. The van der Waals surface area contributed by atoms with E-state index in [4.69, 9.17) is 4.74 Å². The average molecular weight is 278 g/mol. The highest BCUT2D eigenvalue weighted by Crippen LogP contribution is 2.24. The van der Waals surface area contributed by atoms with Gasteiger partial charge in [-0.25, -0.2) is 0 Å². The molecule has 4 nitrogen and oxygen atoms in total. The average Bonchev–Trinajstić information content (AvgIpc) is 2.42. The molecule has 0 aliphatic rings. The van der Waals surface area contributed by atoms with Crippen LogP contribution in [-0.4, -0.2) is 25.1 Å². The fourth-order valence-corrected chi connectivity index (χ4v) is 1.90. The van der Waals surface area contributed by atoms with Crippen molar-refractivity contribution in [1.82, 2.24) is 10.6 Å². The zero-order valence-electron chi connectivity index (χ0n) is 13.1. The highest BCUT2D eigenvalue weighted by molar-refractivity contribution is 5.81. The SMILES string of the molecule is CCC(C)NC(=O)C(C)Oc1c(C)cccc1CNC. The Morgan fingerprint density at radius 1 is 1.35 bits per heavy atom. The Balaban J connectivity index is 2.79. The molecule has 1 rings (SSSR count). The Labute approximate surface area is 121 Å². The third-order valence-corrected chi connectivity index (χ3v) is 3.33. The van der Waals surface area contributed by atoms with Crippen LogP contribution in [0.3, 0.4) is 0 Å². The number of benzene rings is 1. The van der Waals surface area contributed by atoms with E-state index < -0.39 is 6.10 Å². The van der Waals surface area contributed by atoms with E-state index in [-0.39, 0.29) is 11.9 Å². The lowest BCUT2D eigenvalue weighted by Crippen LogP contribution is -2.41.